The van der Waals surface area contributed by atoms with Gasteiger partial charge in [-0.2, -0.15) is 5.26 Å². The van der Waals surface area contributed by atoms with Gasteiger partial charge >= 0.3 is 6.09 Å². The number of rotatable bonds is 2. The van der Waals surface area contributed by atoms with Crippen molar-refractivity contribution in [2.24, 2.45) is 5.41 Å². The van der Waals surface area contributed by atoms with Crippen LogP contribution in [-0.2, 0) is 0 Å². The van der Waals surface area contributed by atoms with Gasteiger partial charge < -0.3 is 10.0 Å². The highest BCUT2D eigenvalue weighted by Crippen LogP contribution is 2.31. The van der Waals surface area contributed by atoms with Crippen molar-refractivity contribution in [1.29, 1.82) is 5.26 Å². The number of amides is 1. The van der Waals surface area contributed by atoms with Crippen LogP contribution in [-0.4, -0.2) is 46.7 Å². The Kier molecular flexibility index (Phi) is 4.72. The van der Waals surface area contributed by atoms with Crippen molar-refractivity contribution in [2.45, 2.75) is 32.9 Å². The average Bonchev–Trinajstić information content (AvgIpc) is 2.48. The average molecular weight is 301 g/mol. The van der Waals surface area contributed by atoms with E-state index in [2.05, 4.69) is 11.0 Å². The van der Waals surface area contributed by atoms with E-state index in [4.69, 9.17) is 0 Å². The number of piperazine rings is 1. The van der Waals surface area contributed by atoms with Crippen LogP contribution in [0.25, 0.3) is 0 Å². The fourth-order valence-electron chi connectivity index (χ4n) is 3.01. The van der Waals surface area contributed by atoms with E-state index >= 15 is 0 Å². The molecule has 1 aromatic rings. The van der Waals surface area contributed by atoms with Crippen LogP contribution < -0.4 is 0 Å². The maximum atomic E-state index is 11.5. The number of hydrogen-bond donors (Lipinski definition) is 1. The van der Waals surface area contributed by atoms with Crippen LogP contribution >= 0.6 is 0 Å². The van der Waals surface area contributed by atoms with Crippen molar-refractivity contribution in [2.75, 3.05) is 19.6 Å². The third-order valence-electron chi connectivity index (χ3n) is 4.26. The molecule has 1 aromatic carbocycles. The molecular formula is C17H23N3O2. The van der Waals surface area contributed by atoms with Crippen LogP contribution in [0.4, 0.5) is 4.79 Å². The lowest BCUT2D eigenvalue weighted by Crippen LogP contribution is -2.59. The second-order valence-electron chi connectivity index (χ2n) is 6.80. The number of benzene rings is 1. The van der Waals surface area contributed by atoms with E-state index in [-0.39, 0.29) is 17.5 Å². The molecule has 2 unspecified atom stereocenters. The third-order valence-corrected chi connectivity index (χ3v) is 4.26. The fraction of sp³-hybridized carbons (Fsp3) is 0.529. The van der Waals surface area contributed by atoms with Gasteiger partial charge in [-0.05, 0) is 11.0 Å². The van der Waals surface area contributed by atoms with Gasteiger partial charge in [0, 0.05) is 19.6 Å². The predicted molar refractivity (Wildman–Crippen MR) is 84.3 cm³/mol. The minimum Gasteiger partial charge on any atom is -0.465 e. The Balaban J connectivity index is 2.24. The van der Waals surface area contributed by atoms with E-state index in [0.717, 1.165) is 5.56 Å². The van der Waals surface area contributed by atoms with Crippen molar-refractivity contribution in [3.8, 4) is 6.07 Å². The first-order chi connectivity index (χ1) is 10.3. The Labute approximate surface area is 131 Å². The Morgan fingerprint density at radius 3 is 2.45 bits per heavy atom. The molecule has 1 heterocycles. The highest BCUT2D eigenvalue weighted by Gasteiger charge is 2.39. The predicted octanol–water partition coefficient (Wildman–Crippen LogP) is 2.96. The molecule has 0 bridgehead atoms. The molecule has 22 heavy (non-hydrogen) atoms. The molecule has 5 heteroatoms. The summed E-state index contributed by atoms with van der Waals surface area (Å²) in [5, 5.41) is 19.0. The minimum atomic E-state index is -0.882. The topological polar surface area (TPSA) is 67.6 Å². The van der Waals surface area contributed by atoms with Gasteiger partial charge in [-0.1, -0.05) is 51.1 Å². The smallest absolute Gasteiger partial charge is 0.407 e. The maximum Gasteiger partial charge on any atom is 0.407 e. The lowest BCUT2D eigenvalue weighted by molar-refractivity contribution is 0.0134. The molecule has 0 aromatic heterocycles. The first kappa shape index (κ1) is 16.3. The molecule has 1 aliphatic heterocycles. The molecule has 1 aliphatic rings. The lowest BCUT2D eigenvalue weighted by Gasteiger charge is -2.47. The van der Waals surface area contributed by atoms with E-state index in [9.17, 15) is 15.2 Å². The molecule has 1 fully saturated rings. The Hall–Kier alpha value is -2.06. The molecule has 1 N–H and O–H groups in total. The Morgan fingerprint density at radius 2 is 1.95 bits per heavy atom. The quantitative estimate of drug-likeness (QED) is 0.912. The molecule has 0 aliphatic carbocycles. The second-order valence-corrected chi connectivity index (χ2v) is 6.80. The van der Waals surface area contributed by atoms with Crippen LogP contribution in [0.3, 0.4) is 0 Å². The van der Waals surface area contributed by atoms with Gasteiger partial charge in [0.25, 0.3) is 0 Å². The van der Waals surface area contributed by atoms with E-state index in [1.165, 1.54) is 4.90 Å². The number of hydrogen-bond acceptors (Lipinski definition) is 3. The molecule has 5 nitrogen and oxygen atoms in total. The number of carbonyl (C=O) groups is 1. The monoisotopic (exact) mass is 301 g/mol. The second kappa shape index (κ2) is 6.37. The molecule has 2 rings (SSSR count). The van der Waals surface area contributed by atoms with Crippen molar-refractivity contribution in [1.82, 2.24) is 9.80 Å². The van der Waals surface area contributed by atoms with Gasteiger partial charge in [-0.3, -0.25) is 4.90 Å². The van der Waals surface area contributed by atoms with Gasteiger partial charge in [0.1, 0.15) is 6.04 Å². The highest BCUT2D eigenvalue weighted by atomic mass is 16.4. The maximum absolute atomic E-state index is 11.5. The first-order valence-corrected chi connectivity index (χ1v) is 7.52. The zero-order valence-electron chi connectivity index (χ0n) is 13.4. The van der Waals surface area contributed by atoms with Crippen molar-refractivity contribution < 1.29 is 9.90 Å². The lowest BCUT2D eigenvalue weighted by atomic mass is 9.84. The molecule has 0 saturated carbocycles. The SMILES string of the molecule is CC(C)(C)C1CN(C(C#N)c2ccccc2)CCN1C(=O)O. The fourth-order valence-corrected chi connectivity index (χ4v) is 3.01. The summed E-state index contributed by atoms with van der Waals surface area (Å²) >= 11 is 0. The highest BCUT2D eigenvalue weighted by molar-refractivity contribution is 5.65. The van der Waals surface area contributed by atoms with Gasteiger partial charge in [0.05, 0.1) is 12.1 Å². The molecular weight excluding hydrogens is 278 g/mol. The molecule has 0 radical (unpaired) electrons. The van der Waals surface area contributed by atoms with Crippen molar-refractivity contribution in [3.63, 3.8) is 0 Å². The summed E-state index contributed by atoms with van der Waals surface area (Å²) in [7, 11) is 0. The van der Waals surface area contributed by atoms with Crippen LogP contribution in [0.15, 0.2) is 30.3 Å². The van der Waals surface area contributed by atoms with Crippen LogP contribution in [0.5, 0.6) is 0 Å². The molecule has 1 amide bonds. The number of nitriles is 1. The van der Waals surface area contributed by atoms with E-state index < -0.39 is 6.09 Å². The van der Waals surface area contributed by atoms with Crippen molar-refractivity contribution in [3.05, 3.63) is 35.9 Å². The standard InChI is InChI=1S/C17H23N3O2/c1-17(2,3)15-12-19(9-10-20(15)16(21)22)14(11-18)13-7-5-4-6-8-13/h4-8,14-15H,9-10,12H2,1-3H3,(H,21,22). The van der Waals surface area contributed by atoms with E-state index in [1.54, 1.807) is 0 Å². The molecule has 1 saturated heterocycles. The normalized spacial score (nSPS) is 21.2. The first-order valence-electron chi connectivity index (χ1n) is 7.52. The van der Waals surface area contributed by atoms with E-state index in [1.807, 2.05) is 51.1 Å². The largest absolute Gasteiger partial charge is 0.465 e. The summed E-state index contributed by atoms with van der Waals surface area (Å²) < 4.78 is 0. The third kappa shape index (κ3) is 3.40. The van der Waals surface area contributed by atoms with Crippen LogP contribution in [0.2, 0.25) is 0 Å². The van der Waals surface area contributed by atoms with Gasteiger partial charge in [0.2, 0.25) is 0 Å². The van der Waals surface area contributed by atoms with Crippen molar-refractivity contribution >= 4 is 6.09 Å². The summed E-state index contributed by atoms with van der Waals surface area (Å²) in [5.74, 6) is 0. The Morgan fingerprint density at radius 1 is 1.32 bits per heavy atom. The zero-order chi connectivity index (χ0) is 16.3. The summed E-state index contributed by atoms with van der Waals surface area (Å²) in [6.45, 7) is 7.71. The summed E-state index contributed by atoms with van der Waals surface area (Å²) in [5.41, 5.74) is 0.787. The van der Waals surface area contributed by atoms with Crippen LogP contribution in [0, 0.1) is 16.7 Å². The zero-order valence-corrected chi connectivity index (χ0v) is 13.4. The minimum absolute atomic E-state index is 0.127. The van der Waals surface area contributed by atoms with Gasteiger partial charge in [-0.15, -0.1) is 0 Å². The Bertz CT molecular complexity index is 560. The molecule has 118 valence electrons. The summed E-state index contributed by atoms with van der Waals surface area (Å²) in [4.78, 5) is 15.1. The summed E-state index contributed by atoms with van der Waals surface area (Å²) in [6, 6.07) is 11.6. The van der Waals surface area contributed by atoms with E-state index in [0.29, 0.717) is 19.6 Å². The number of carboxylic acid groups (broad SMARTS) is 1. The van der Waals surface area contributed by atoms with Gasteiger partial charge in [0.15, 0.2) is 0 Å². The molecule has 0 spiro atoms. The molecule has 2 atom stereocenters. The number of nitrogens with zero attached hydrogens (tertiary/aromatic N) is 3. The van der Waals surface area contributed by atoms with Crippen LogP contribution in [0.1, 0.15) is 32.4 Å². The van der Waals surface area contributed by atoms with Gasteiger partial charge in [-0.25, -0.2) is 4.79 Å². The summed E-state index contributed by atoms with van der Waals surface area (Å²) in [6.07, 6.45) is -0.882.